The largest absolute Gasteiger partial charge is 0.391 e. The maximum atomic E-state index is 9.60. The fourth-order valence-electron chi connectivity index (χ4n) is 1.45. The van der Waals surface area contributed by atoms with Crippen LogP contribution in [0.2, 0.25) is 0 Å². The van der Waals surface area contributed by atoms with E-state index in [0.717, 1.165) is 25.2 Å². The molecular formula is C7H11N3OS. The maximum Gasteiger partial charge on any atom is 0.161 e. The van der Waals surface area contributed by atoms with E-state index in [9.17, 15) is 5.11 Å². The number of rotatable bonds is 1. The van der Waals surface area contributed by atoms with Gasteiger partial charge in [0.05, 0.1) is 12.1 Å². The molecule has 0 radical (unpaired) electrons. The van der Waals surface area contributed by atoms with Crippen LogP contribution in [-0.4, -0.2) is 27.1 Å². The predicted molar refractivity (Wildman–Crippen MR) is 45.9 cm³/mol. The molecule has 5 heteroatoms. The standard InChI is InChI=1S/C7H11N3OS/c11-5-2-1-3-8-6(5)7-9-4-12-10-7/h4-6,8,11H,1-3H2. The van der Waals surface area contributed by atoms with E-state index >= 15 is 0 Å². The third-order valence-electron chi connectivity index (χ3n) is 2.08. The number of aromatic nitrogens is 2. The number of aliphatic hydroxyl groups excluding tert-OH is 1. The van der Waals surface area contributed by atoms with E-state index in [0.29, 0.717) is 0 Å². The van der Waals surface area contributed by atoms with Gasteiger partial charge in [-0.1, -0.05) is 0 Å². The number of hydrogen-bond acceptors (Lipinski definition) is 5. The zero-order valence-electron chi connectivity index (χ0n) is 6.60. The van der Waals surface area contributed by atoms with Crippen molar-refractivity contribution in [2.24, 2.45) is 0 Å². The Kier molecular flexibility index (Phi) is 2.34. The molecule has 1 saturated heterocycles. The van der Waals surface area contributed by atoms with E-state index in [-0.39, 0.29) is 12.1 Å². The van der Waals surface area contributed by atoms with E-state index < -0.39 is 0 Å². The van der Waals surface area contributed by atoms with Gasteiger partial charge in [0, 0.05) is 0 Å². The third-order valence-corrected chi connectivity index (χ3v) is 2.57. The van der Waals surface area contributed by atoms with Crippen LogP contribution >= 0.6 is 11.5 Å². The van der Waals surface area contributed by atoms with Gasteiger partial charge in [0.2, 0.25) is 0 Å². The second-order valence-corrected chi connectivity index (χ2v) is 3.53. The van der Waals surface area contributed by atoms with Crippen molar-refractivity contribution < 1.29 is 5.11 Å². The van der Waals surface area contributed by atoms with E-state index in [4.69, 9.17) is 0 Å². The highest BCUT2D eigenvalue weighted by Gasteiger charge is 2.26. The van der Waals surface area contributed by atoms with Gasteiger partial charge in [0.1, 0.15) is 5.51 Å². The lowest BCUT2D eigenvalue weighted by atomic mass is 10.0. The first-order valence-electron chi connectivity index (χ1n) is 4.05. The minimum Gasteiger partial charge on any atom is -0.391 e. The zero-order chi connectivity index (χ0) is 8.39. The highest BCUT2D eigenvalue weighted by atomic mass is 32.1. The molecule has 66 valence electrons. The van der Waals surface area contributed by atoms with Gasteiger partial charge >= 0.3 is 0 Å². The van der Waals surface area contributed by atoms with Crippen molar-refractivity contribution in [3.8, 4) is 0 Å². The minimum absolute atomic E-state index is 0.0509. The van der Waals surface area contributed by atoms with Gasteiger partial charge in [0.25, 0.3) is 0 Å². The van der Waals surface area contributed by atoms with Crippen LogP contribution in [0, 0.1) is 0 Å². The Morgan fingerprint density at radius 2 is 2.58 bits per heavy atom. The second kappa shape index (κ2) is 3.47. The molecular weight excluding hydrogens is 174 g/mol. The first kappa shape index (κ1) is 8.10. The van der Waals surface area contributed by atoms with Gasteiger partial charge < -0.3 is 10.4 Å². The van der Waals surface area contributed by atoms with Crippen molar-refractivity contribution in [2.75, 3.05) is 6.54 Å². The van der Waals surface area contributed by atoms with Gasteiger partial charge in [-0.2, -0.15) is 4.37 Å². The van der Waals surface area contributed by atoms with Crippen LogP contribution in [0.4, 0.5) is 0 Å². The van der Waals surface area contributed by atoms with E-state index in [1.165, 1.54) is 11.5 Å². The molecule has 1 fully saturated rings. The number of aliphatic hydroxyl groups is 1. The molecule has 0 spiro atoms. The Labute approximate surface area is 74.8 Å². The molecule has 1 aliphatic heterocycles. The molecule has 4 nitrogen and oxygen atoms in total. The average Bonchev–Trinajstić information content (AvgIpc) is 2.57. The maximum absolute atomic E-state index is 9.60. The van der Waals surface area contributed by atoms with Crippen LogP contribution in [0.25, 0.3) is 0 Å². The van der Waals surface area contributed by atoms with Gasteiger partial charge in [-0.3, -0.25) is 0 Å². The van der Waals surface area contributed by atoms with Crippen molar-refractivity contribution >= 4 is 11.5 Å². The van der Waals surface area contributed by atoms with Gasteiger partial charge in [-0.05, 0) is 30.9 Å². The average molecular weight is 185 g/mol. The molecule has 1 aromatic heterocycles. The van der Waals surface area contributed by atoms with Crippen LogP contribution in [-0.2, 0) is 0 Å². The van der Waals surface area contributed by atoms with Crippen molar-refractivity contribution in [3.05, 3.63) is 11.3 Å². The Morgan fingerprint density at radius 3 is 3.25 bits per heavy atom. The SMILES string of the molecule is OC1CCCNC1c1ncsn1. The molecule has 0 bridgehead atoms. The summed E-state index contributed by atoms with van der Waals surface area (Å²) in [6, 6.07) is -0.0509. The molecule has 2 unspecified atom stereocenters. The number of nitrogens with one attached hydrogen (secondary N) is 1. The summed E-state index contributed by atoms with van der Waals surface area (Å²) < 4.78 is 4.10. The molecule has 2 atom stereocenters. The summed E-state index contributed by atoms with van der Waals surface area (Å²) >= 11 is 1.32. The van der Waals surface area contributed by atoms with E-state index in [1.807, 2.05) is 0 Å². The summed E-state index contributed by atoms with van der Waals surface area (Å²) in [5, 5.41) is 12.8. The number of hydrogen-bond donors (Lipinski definition) is 2. The summed E-state index contributed by atoms with van der Waals surface area (Å²) in [5.74, 6) is 0.729. The number of piperidine rings is 1. The first-order valence-corrected chi connectivity index (χ1v) is 4.89. The van der Waals surface area contributed by atoms with Crippen molar-refractivity contribution in [1.82, 2.24) is 14.7 Å². The van der Waals surface area contributed by atoms with Crippen LogP contribution in [0.5, 0.6) is 0 Å². The predicted octanol–water partition coefficient (Wildman–Crippen LogP) is 0.323. The van der Waals surface area contributed by atoms with Crippen LogP contribution in [0.15, 0.2) is 5.51 Å². The van der Waals surface area contributed by atoms with Gasteiger partial charge in [0.15, 0.2) is 5.82 Å². The molecule has 2 rings (SSSR count). The number of nitrogens with zero attached hydrogens (tertiary/aromatic N) is 2. The van der Waals surface area contributed by atoms with Crippen LogP contribution < -0.4 is 5.32 Å². The Balaban J connectivity index is 2.11. The van der Waals surface area contributed by atoms with Crippen LogP contribution in [0.1, 0.15) is 24.7 Å². The fraction of sp³-hybridized carbons (Fsp3) is 0.714. The van der Waals surface area contributed by atoms with E-state index in [1.54, 1.807) is 5.51 Å². The molecule has 1 aliphatic rings. The molecule has 0 saturated carbocycles. The fourth-order valence-corrected chi connectivity index (χ4v) is 1.92. The summed E-state index contributed by atoms with van der Waals surface area (Å²) in [6.45, 7) is 0.945. The quantitative estimate of drug-likeness (QED) is 0.661. The van der Waals surface area contributed by atoms with Gasteiger partial charge in [-0.25, -0.2) is 4.98 Å². The normalized spacial score (nSPS) is 30.4. The highest BCUT2D eigenvalue weighted by molar-refractivity contribution is 7.03. The second-order valence-electron chi connectivity index (χ2n) is 2.93. The molecule has 0 amide bonds. The van der Waals surface area contributed by atoms with E-state index in [2.05, 4.69) is 14.7 Å². The van der Waals surface area contributed by atoms with Crippen molar-refractivity contribution in [1.29, 1.82) is 0 Å². The summed E-state index contributed by atoms with van der Waals surface area (Å²) in [5.41, 5.74) is 1.69. The Hall–Kier alpha value is -0.520. The summed E-state index contributed by atoms with van der Waals surface area (Å²) in [7, 11) is 0. The molecule has 2 heterocycles. The lowest BCUT2D eigenvalue weighted by Crippen LogP contribution is -2.38. The summed E-state index contributed by atoms with van der Waals surface area (Å²) in [6.07, 6.45) is 1.55. The molecule has 12 heavy (non-hydrogen) atoms. The highest BCUT2D eigenvalue weighted by Crippen LogP contribution is 2.20. The molecule has 0 aromatic carbocycles. The Morgan fingerprint density at radius 1 is 1.67 bits per heavy atom. The van der Waals surface area contributed by atoms with Crippen LogP contribution in [0.3, 0.4) is 0 Å². The van der Waals surface area contributed by atoms with Gasteiger partial charge in [-0.15, -0.1) is 0 Å². The minimum atomic E-state index is -0.326. The molecule has 0 aliphatic carbocycles. The summed E-state index contributed by atoms with van der Waals surface area (Å²) in [4.78, 5) is 4.08. The first-order chi connectivity index (χ1) is 5.88. The monoisotopic (exact) mass is 185 g/mol. The zero-order valence-corrected chi connectivity index (χ0v) is 7.42. The molecule has 1 aromatic rings. The van der Waals surface area contributed by atoms with Crippen molar-refractivity contribution in [2.45, 2.75) is 25.0 Å². The topological polar surface area (TPSA) is 58.0 Å². The Bertz CT molecular complexity index is 239. The van der Waals surface area contributed by atoms with Crippen molar-refractivity contribution in [3.63, 3.8) is 0 Å². The lowest BCUT2D eigenvalue weighted by Gasteiger charge is -2.26. The molecule has 2 N–H and O–H groups in total. The third kappa shape index (κ3) is 1.48. The smallest absolute Gasteiger partial charge is 0.161 e. The lowest BCUT2D eigenvalue weighted by molar-refractivity contribution is 0.0933.